The SMILES string of the molecule is CC1CC(C)CN(Cc2ccccc2CNC(=O)c2cccc[n+]2[O-])C1. The Kier molecular flexibility index (Phi) is 5.89. The van der Waals surface area contributed by atoms with E-state index in [-0.39, 0.29) is 11.6 Å². The van der Waals surface area contributed by atoms with Crippen LogP contribution >= 0.6 is 0 Å². The predicted octanol–water partition coefficient (Wildman–Crippen LogP) is 2.73. The zero-order chi connectivity index (χ0) is 18.5. The summed E-state index contributed by atoms with van der Waals surface area (Å²) in [7, 11) is 0. The molecule has 1 aromatic heterocycles. The van der Waals surface area contributed by atoms with Gasteiger partial charge in [-0.15, -0.1) is 0 Å². The third kappa shape index (κ3) is 4.61. The lowest BCUT2D eigenvalue weighted by atomic mass is 9.91. The molecule has 0 bridgehead atoms. The molecule has 2 aromatic rings. The number of pyridine rings is 1. The molecule has 5 nitrogen and oxygen atoms in total. The highest BCUT2D eigenvalue weighted by molar-refractivity contribution is 5.90. The lowest BCUT2D eigenvalue weighted by molar-refractivity contribution is -0.607. The maximum absolute atomic E-state index is 12.3. The standard InChI is InChI=1S/C21H27N3O2/c1-16-11-17(2)14-23(13-16)15-19-8-4-3-7-18(19)12-22-21(25)20-9-5-6-10-24(20)26/h3-10,16-17H,11-15H2,1-2H3,(H,22,25). The van der Waals surface area contributed by atoms with E-state index in [0.717, 1.165) is 37.0 Å². The van der Waals surface area contributed by atoms with Crippen molar-refractivity contribution in [2.75, 3.05) is 13.1 Å². The van der Waals surface area contributed by atoms with Crippen LogP contribution in [-0.2, 0) is 13.1 Å². The molecule has 1 saturated heterocycles. The molecular weight excluding hydrogens is 326 g/mol. The maximum atomic E-state index is 12.3. The van der Waals surface area contributed by atoms with Crippen LogP contribution in [0, 0.1) is 17.0 Å². The molecule has 1 aliphatic rings. The van der Waals surface area contributed by atoms with Crippen LogP contribution in [0.15, 0.2) is 48.7 Å². The molecule has 1 fully saturated rings. The molecule has 138 valence electrons. The first kappa shape index (κ1) is 18.4. The fourth-order valence-corrected chi connectivity index (χ4v) is 3.92. The van der Waals surface area contributed by atoms with Crippen LogP contribution in [0.25, 0.3) is 0 Å². The first-order valence-electron chi connectivity index (χ1n) is 9.28. The number of nitrogens with zero attached hydrogens (tertiary/aromatic N) is 2. The minimum Gasteiger partial charge on any atom is -0.618 e. The molecule has 2 heterocycles. The number of carbonyl (C=O) groups is 1. The van der Waals surface area contributed by atoms with Crippen molar-refractivity contribution in [2.24, 2.45) is 11.8 Å². The monoisotopic (exact) mass is 353 g/mol. The summed E-state index contributed by atoms with van der Waals surface area (Å²) in [6.45, 7) is 8.17. The van der Waals surface area contributed by atoms with Crippen LogP contribution in [-0.4, -0.2) is 23.9 Å². The van der Waals surface area contributed by atoms with Crippen LogP contribution in [0.5, 0.6) is 0 Å². The van der Waals surface area contributed by atoms with Gasteiger partial charge < -0.3 is 10.5 Å². The third-order valence-electron chi connectivity index (χ3n) is 4.95. The second-order valence-corrected chi connectivity index (χ2v) is 7.50. The number of hydrogen-bond donors (Lipinski definition) is 1. The fraction of sp³-hybridized carbons (Fsp3) is 0.429. The Labute approximate surface area is 155 Å². The van der Waals surface area contributed by atoms with Crippen molar-refractivity contribution in [2.45, 2.75) is 33.4 Å². The van der Waals surface area contributed by atoms with Gasteiger partial charge in [0.25, 0.3) is 5.69 Å². The topological polar surface area (TPSA) is 59.3 Å². The second-order valence-electron chi connectivity index (χ2n) is 7.50. The van der Waals surface area contributed by atoms with Crippen molar-refractivity contribution in [1.82, 2.24) is 10.2 Å². The fourth-order valence-electron chi connectivity index (χ4n) is 3.92. The number of carbonyl (C=O) groups excluding carboxylic acids is 1. The molecule has 26 heavy (non-hydrogen) atoms. The Morgan fingerprint density at radius 1 is 1.12 bits per heavy atom. The summed E-state index contributed by atoms with van der Waals surface area (Å²) >= 11 is 0. The highest BCUT2D eigenvalue weighted by atomic mass is 16.5. The van der Waals surface area contributed by atoms with Gasteiger partial charge in [-0.05, 0) is 35.4 Å². The Balaban J connectivity index is 1.66. The Hall–Kier alpha value is -2.40. The van der Waals surface area contributed by atoms with Gasteiger partial charge >= 0.3 is 5.91 Å². The van der Waals surface area contributed by atoms with Crippen LogP contribution in [0.3, 0.4) is 0 Å². The number of piperidine rings is 1. The summed E-state index contributed by atoms with van der Waals surface area (Å²) in [5.41, 5.74) is 2.45. The summed E-state index contributed by atoms with van der Waals surface area (Å²) < 4.78 is 0.595. The number of amides is 1. The maximum Gasteiger partial charge on any atom is 0.317 e. The zero-order valence-corrected chi connectivity index (χ0v) is 15.5. The molecule has 1 amide bonds. The van der Waals surface area contributed by atoms with E-state index in [2.05, 4.69) is 30.1 Å². The Morgan fingerprint density at radius 3 is 2.46 bits per heavy atom. The van der Waals surface area contributed by atoms with E-state index in [4.69, 9.17) is 0 Å². The molecule has 0 radical (unpaired) electrons. The van der Waals surface area contributed by atoms with Gasteiger partial charge in [-0.1, -0.05) is 38.1 Å². The molecule has 2 unspecified atom stereocenters. The van der Waals surface area contributed by atoms with Crippen molar-refractivity contribution in [3.63, 3.8) is 0 Å². The third-order valence-corrected chi connectivity index (χ3v) is 4.95. The number of benzene rings is 1. The largest absolute Gasteiger partial charge is 0.618 e. The summed E-state index contributed by atoms with van der Waals surface area (Å²) in [5.74, 6) is 1.09. The highest BCUT2D eigenvalue weighted by Crippen LogP contribution is 2.23. The van der Waals surface area contributed by atoms with Gasteiger partial charge in [-0.25, -0.2) is 0 Å². The zero-order valence-electron chi connectivity index (χ0n) is 15.5. The van der Waals surface area contributed by atoms with E-state index in [9.17, 15) is 10.0 Å². The molecule has 0 saturated carbocycles. The average molecular weight is 353 g/mol. The predicted molar refractivity (Wildman–Crippen MR) is 101 cm³/mol. The van der Waals surface area contributed by atoms with E-state index in [1.807, 2.05) is 18.2 Å². The van der Waals surface area contributed by atoms with Gasteiger partial charge in [-0.2, -0.15) is 4.73 Å². The van der Waals surface area contributed by atoms with Gasteiger partial charge in [0.15, 0.2) is 6.20 Å². The molecule has 3 rings (SSSR count). The summed E-state index contributed by atoms with van der Waals surface area (Å²) in [4.78, 5) is 14.8. The molecule has 1 aromatic carbocycles. The molecule has 1 N–H and O–H groups in total. The highest BCUT2D eigenvalue weighted by Gasteiger charge is 2.22. The number of hydrogen-bond acceptors (Lipinski definition) is 3. The molecule has 5 heteroatoms. The molecule has 2 atom stereocenters. The van der Waals surface area contributed by atoms with Crippen molar-refractivity contribution >= 4 is 5.91 Å². The van der Waals surface area contributed by atoms with Crippen molar-refractivity contribution < 1.29 is 9.52 Å². The smallest absolute Gasteiger partial charge is 0.317 e. The Morgan fingerprint density at radius 2 is 1.77 bits per heavy atom. The van der Waals surface area contributed by atoms with Crippen LogP contribution in [0.2, 0.25) is 0 Å². The molecule has 0 aliphatic carbocycles. The quantitative estimate of drug-likeness (QED) is 0.664. The summed E-state index contributed by atoms with van der Waals surface area (Å²) in [5, 5.41) is 14.6. The van der Waals surface area contributed by atoms with Gasteiger partial charge in [-0.3, -0.25) is 9.69 Å². The first-order chi connectivity index (χ1) is 12.5. The lowest BCUT2D eigenvalue weighted by Gasteiger charge is -2.35. The number of likely N-dealkylation sites (tertiary alicyclic amines) is 1. The lowest BCUT2D eigenvalue weighted by Crippen LogP contribution is -2.39. The minimum absolute atomic E-state index is 0.115. The minimum atomic E-state index is -0.351. The van der Waals surface area contributed by atoms with Crippen molar-refractivity contribution in [3.05, 3.63) is 70.7 Å². The molecular formula is C21H27N3O2. The van der Waals surface area contributed by atoms with Gasteiger partial charge in [0, 0.05) is 38.3 Å². The average Bonchev–Trinajstić information content (AvgIpc) is 2.60. The Bertz CT molecular complexity index is 752. The summed E-state index contributed by atoms with van der Waals surface area (Å²) in [6, 6.07) is 13.0. The van der Waals surface area contributed by atoms with Crippen molar-refractivity contribution in [1.29, 1.82) is 0 Å². The van der Waals surface area contributed by atoms with Gasteiger partial charge in [0.2, 0.25) is 0 Å². The van der Waals surface area contributed by atoms with Crippen LogP contribution < -0.4 is 10.0 Å². The molecule has 0 spiro atoms. The van der Waals surface area contributed by atoms with Crippen LogP contribution in [0.1, 0.15) is 41.9 Å². The summed E-state index contributed by atoms with van der Waals surface area (Å²) in [6.07, 6.45) is 2.63. The van der Waals surface area contributed by atoms with Gasteiger partial charge in [0.1, 0.15) is 0 Å². The van der Waals surface area contributed by atoms with Crippen LogP contribution in [0.4, 0.5) is 0 Å². The van der Waals surface area contributed by atoms with Crippen molar-refractivity contribution in [3.8, 4) is 0 Å². The van der Waals surface area contributed by atoms with E-state index in [1.54, 1.807) is 12.1 Å². The van der Waals surface area contributed by atoms with E-state index < -0.39 is 0 Å². The number of nitrogens with one attached hydrogen (secondary N) is 1. The van der Waals surface area contributed by atoms with E-state index in [1.165, 1.54) is 24.2 Å². The van der Waals surface area contributed by atoms with Gasteiger partial charge in [0.05, 0.1) is 0 Å². The number of aromatic nitrogens is 1. The van der Waals surface area contributed by atoms with E-state index >= 15 is 0 Å². The number of rotatable bonds is 5. The molecule has 1 aliphatic heterocycles. The first-order valence-corrected chi connectivity index (χ1v) is 9.28. The second kappa shape index (κ2) is 8.32. The van der Waals surface area contributed by atoms with E-state index in [0.29, 0.717) is 11.3 Å². The normalized spacial score (nSPS) is 20.7.